The number of rotatable bonds is 3. The molecule has 0 unspecified atom stereocenters. The number of sulfone groups is 1. The first-order valence-electron chi connectivity index (χ1n) is 5.31. The van der Waals surface area contributed by atoms with Gasteiger partial charge in [-0.1, -0.05) is 33.6 Å². The van der Waals surface area contributed by atoms with Gasteiger partial charge in [0.15, 0.2) is 9.84 Å². The van der Waals surface area contributed by atoms with Crippen LogP contribution in [0.2, 0.25) is 5.02 Å². The third kappa shape index (κ3) is 3.55. The summed E-state index contributed by atoms with van der Waals surface area (Å²) >= 11 is 9.25. The third-order valence-corrected chi connectivity index (χ3v) is 5.06. The average molecular weight is 364 g/mol. The van der Waals surface area contributed by atoms with Crippen molar-refractivity contribution in [2.45, 2.75) is 10.6 Å². The predicted octanol–water partition coefficient (Wildman–Crippen LogP) is 4.22. The Labute approximate surface area is 124 Å². The Balaban J connectivity index is 2.33. The van der Waals surface area contributed by atoms with Crippen LogP contribution in [0.4, 0.5) is 4.39 Å². The van der Waals surface area contributed by atoms with Crippen molar-refractivity contribution in [2.75, 3.05) is 0 Å². The summed E-state index contributed by atoms with van der Waals surface area (Å²) in [5, 5.41) is 0.375. The highest BCUT2D eigenvalue weighted by atomic mass is 79.9. The van der Waals surface area contributed by atoms with Crippen LogP contribution in [-0.2, 0) is 15.6 Å². The number of hydrogen-bond donors (Lipinski definition) is 0. The van der Waals surface area contributed by atoms with Gasteiger partial charge >= 0.3 is 0 Å². The monoisotopic (exact) mass is 362 g/mol. The zero-order valence-corrected chi connectivity index (χ0v) is 12.8. The van der Waals surface area contributed by atoms with Crippen LogP contribution in [0.25, 0.3) is 0 Å². The van der Waals surface area contributed by atoms with Gasteiger partial charge < -0.3 is 0 Å². The van der Waals surface area contributed by atoms with Gasteiger partial charge in [0.2, 0.25) is 0 Å². The van der Waals surface area contributed by atoms with E-state index in [0.717, 1.165) is 16.6 Å². The number of halogens is 3. The van der Waals surface area contributed by atoms with E-state index >= 15 is 0 Å². The molecule has 0 aliphatic rings. The molecule has 6 heteroatoms. The summed E-state index contributed by atoms with van der Waals surface area (Å²) in [7, 11) is -3.53. The normalized spacial score (nSPS) is 11.5. The van der Waals surface area contributed by atoms with Crippen LogP contribution in [0.5, 0.6) is 0 Å². The van der Waals surface area contributed by atoms with Crippen molar-refractivity contribution in [3.63, 3.8) is 0 Å². The van der Waals surface area contributed by atoms with Crippen LogP contribution in [0.1, 0.15) is 5.56 Å². The molecular weight excluding hydrogens is 355 g/mol. The molecule has 0 fully saturated rings. The first kappa shape index (κ1) is 14.5. The molecule has 2 rings (SSSR count). The Morgan fingerprint density at radius 3 is 2.32 bits per heavy atom. The lowest BCUT2D eigenvalue weighted by Gasteiger charge is -2.07. The van der Waals surface area contributed by atoms with E-state index in [1.165, 1.54) is 12.1 Å². The van der Waals surface area contributed by atoms with Gasteiger partial charge in [-0.25, -0.2) is 12.8 Å². The van der Waals surface area contributed by atoms with Crippen LogP contribution in [0, 0.1) is 5.82 Å². The van der Waals surface area contributed by atoms with Crippen LogP contribution >= 0.6 is 27.5 Å². The SMILES string of the molecule is O=S(=O)(Cc1ccc(Br)cc1Cl)c1ccc(F)cc1. The maximum Gasteiger partial charge on any atom is 0.182 e. The Hall–Kier alpha value is -0.910. The van der Waals surface area contributed by atoms with Gasteiger partial charge in [-0.3, -0.25) is 0 Å². The summed E-state index contributed by atoms with van der Waals surface area (Å²) in [5.74, 6) is -0.689. The van der Waals surface area contributed by atoms with Gasteiger partial charge in [-0.2, -0.15) is 0 Å². The lowest BCUT2D eigenvalue weighted by Crippen LogP contribution is -2.05. The minimum absolute atomic E-state index is 0.0767. The molecular formula is C13H9BrClFO2S. The van der Waals surface area contributed by atoms with E-state index in [9.17, 15) is 12.8 Å². The van der Waals surface area contributed by atoms with Crippen molar-refractivity contribution in [3.05, 3.63) is 63.3 Å². The van der Waals surface area contributed by atoms with E-state index < -0.39 is 15.7 Å². The molecule has 0 N–H and O–H groups in total. The van der Waals surface area contributed by atoms with Gasteiger partial charge in [0.1, 0.15) is 5.82 Å². The first-order valence-corrected chi connectivity index (χ1v) is 8.13. The highest BCUT2D eigenvalue weighted by Crippen LogP contribution is 2.25. The molecule has 2 nitrogen and oxygen atoms in total. The van der Waals surface area contributed by atoms with Crippen LogP contribution in [0.15, 0.2) is 51.8 Å². The maximum absolute atomic E-state index is 12.8. The first-order chi connectivity index (χ1) is 8.88. The molecule has 0 aromatic heterocycles. The lowest BCUT2D eigenvalue weighted by molar-refractivity contribution is 0.594. The molecule has 0 aliphatic carbocycles. The maximum atomic E-state index is 12.8. The lowest BCUT2D eigenvalue weighted by atomic mass is 10.2. The van der Waals surface area contributed by atoms with Crippen molar-refractivity contribution in [1.82, 2.24) is 0 Å². The fraction of sp³-hybridized carbons (Fsp3) is 0.0769. The van der Waals surface area contributed by atoms with Gasteiger partial charge in [0.25, 0.3) is 0 Å². The van der Waals surface area contributed by atoms with Crippen molar-refractivity contribution in [2.24, 2.45) is 0 Å². The van der Waals surface area contributed by atoms with E-state index in [1.807, 2.05) is 0 Å². The van der Waals surface area contributed by atoms with Crippen LogP contribution in [0.3, 0.4) is 0 Å². The third-order valence-electron chi connectivity index (χ3n) is 2.53. The smallest absolute Gasteiger partial charge is 0.182 e. The summed E-state index contributed by atoms with van der Waals surface area (Å²) in [5.41, 5.74) is 0.509. The largest absolute Gasteiger partial charge is 0.223 e. The van der Waals surface area contributed by atoms with Gasteiger partial charge in [0, 0.05) is 9.50 Å². The molecule has 19 heavy (non-hydrogen) atoms. The summed E-state index contributed by atoms with van der Waals surface area (Å²) in [6.07, 6.45) is 0. The number of hydrogen-bond acceptors (Lipinski definition) is 2. The van der Waals surface area contributed by atoms with E-state index in [4.69, 9.17) is 11.6 Å². The molecule has 0 saturated carbocycles. The quantitative estimate of drug-likeness (QED) is 0.765. The van der Waals surface area contributed by atoms with Crippen molar-refractivity contribution in [3.8, 4) is 0 Å². The second-order valence-corrected chi connectivity index (χ2v) is 7.26. The standard InChI is InChI=1S/C13H9BrClFO2S/c14-10-2-1-9(13(15)7-10)8-19(17,18)12-5-3-11(16)4-6-12/h1-7H,8H2. The molecule has 0 atom stereocenters. The summed E-state index contributed by atoms with van der Waals surface area (Å²) in [6, 6.07) is 9.74. The van der Waals surface area contributed by atoms with E-state index in [2.05, 4.69) is 15.9 Å². The molecule has 0 aliphatic heterocycles. The van der Waals surface area contributed by atoms with Gasteiger partial charge in [-0.15, -0.1) is 0 Å². The fourth-order valence-electron chi connectivity index (χ4n) is 1.57. The van der Waals surface area contributed by atoms with Crippen molar-refractivity contribution >= 4 is 37.4 Å². The highest BCUT2D eigenvalue weighted by Gasteiger charge is 2.17. The topological polar surface area (TPSA) is 34.1 Å². The zero-order valence-electron chi connectivity index (χ0n) is 9.61. The number of benzene rings is 2. The minimum atomic E-state index is -3.53. The van der Waals surface area contributed by atoms with Gasteiger partial charge in [0.05, 0.1) is 10.6 Å². The van der Waals surface area contributed by atoms with Gasteiger partial charge in [-0.05, 0) is 42.0 Å². The molecule has 0 heterocycles. The van der Waals surface area contributed by atoms with E-state index in [0.29, 0.717) is 10.6 Å². The van der Waals surface area contributed by atoms with Crippen molar-refractivity contribution < 1.29 is 12.8 Å². The van der Waals surface area contributed by atoms with Crippen molar-refractivity contribution in [1.29, 1.82) is 0 Å². The second kappa shape index (κ2) is 5.61. The molecule has 0 saturated heterocycles. The summed E-state index contributed by atoms with van der Waals surface area (Å²) in [4.78, 5) is 0.0767. The molecule has 0 amide bonds. The second-order valence-electron chi connectivity index (χ2n) is 3.95. The molecule has 100 valence electrons. The molecule has 2 aromatic carbocycles. The van der Waals surface area contributed by atoms with Crippen LogP contribution in [-0.4, -0.2) is 8.42 Å². The fourth-order valence-corrected chi connectivity index (χ4v) is 3.77. The Kier molecular flexibility index (Phi) is 4.28. The summed E-state index contributed by atoms with van der Waals surface area (Å²) in [6.45, 7) is 0. The molecule has 0 radical (unpaired) electrons. The Morgan fingerprint density at radius 1 is 1.11 bits per heavy atom. The zero-order chi connectivity index (χ0) is 14.0. The highest BCUT2D eigenvalue weighted by molar-refractivity contribution is 9.10. The van der Waals surface area contributed by atoms with E-state index in [-0.39, 0.29) is 10.6 Å². The Bertz CT molecular complexity index is 699. The molecule has 0 spiro atoms. The summed E-state index contributed by atoms with van der Waals surface area (Å²) < 4.78 is 37.9. The Morgan fingerprint density at radius 2 is 1.74 bits per heavy atom. The molecule has 2 aromatic rings. The predicted molar refractivity (Wildman–Crippen MR) is 76.4 cm³/mol. The van der Waals surface area contributed by atoms with Crippen LogP contribution < -0.4 is 0 Å². The average Bonchev–Trinajstić information content (AvgIpc) is 2.33. The molecule has 0 bridgehead atoms. The van der Waals surface area contributed by atoms with E-state index in [1.54, 1.807) is 18.2 Å². The minimum Gasteiger partial charge on any atom is -0.223 e.